The Morgan fingerprint density at radius 2 is 1.89 bits per heavy atom. The molecule has 0 aromatic heterocycles. The van der Waals surface area contributed by atoms with Crippen LogP contribution in [0.2, 0.25) is 0 Å². The summed E-state index contributed by atoms with van der Waals surface area (Å²) in [5.41, 5.74) is 2.08. The third-order valence-electron chi connectivity index (χ3n) is 3.98. The molecule has 2 aromatic rings. The van der Waals surface area contributed by atoms with Crippen LogP contribution in [0.1, 0.15) is 11.1 Å². The SMILES string of the molecule is C#CCOc1cc(CNC(=O)N(C)CCc2ccc(Br)cc2)ccc1OC. The molecule has 5 nitrogen and oxygen atoms in total. The van der Waals surface area contributed by atoms with E-state index >= 15 is 0 Å². The van der Waals surface area contributed by atoms with Crippen molar-refractivity contribution in [3.8, 4) is 23.8 Å². The van der Waals surface area contributed by atoms with Crippen molar-refractivity contribution >= 4 is 22.0 Å². The van der Waals surface area contributed by atoms with Crippen LogP contribution >= 0.6 is 15.9 Å². The number of ether oxygens (including phenoxy) is 2. The van der Waals surface area contributed by atoms with Gasteiger partial charge < -0.3 is 19.7 Å². The zero-order chi connectivity index (χ0) is 19.6. The summed E-state index contributed by atoms with van der Waals surface area (Å²) in [6.07, 6.45) is 6.03. The van der Waals surface area contributed by atoms with E-state index in [1.165, 1.54) is 5.56 Å². The molecule has 0 spiro atoms. The highest BCUT2D eigenvalue weighted by Gasteiger charge is 2.10. The fourth-order valence-corrected chi connectivity index (χ4v) is 2.69. The number of carbonyl (C=O) groups excluding carboxylic acids is 1. The molecule has 6 heteroatoms. The largest absolute Gasteiger partial charge is 0.493 e. The molecule has 2 aromatic carbocycles. The van der Waals surface area contributed by atoms with Gasteiger partial charge in [0.1, 0.15) is 6.61 Å². The van der Waals surface area contributed by atoms with Gasteiger partial charge in [-0.05, 0) is 41.8 Å². The highest BCUT2D eigenvalue weighted by molar-refractivity contribution is 9.10. The van der Waals surface area contributed by atoms with E-state index in [-0.39, 0.29) is 12.6 Å². The Morgan fingerprint density at radius 1 is 1.19 bits per heavy atom. The number of amides is 2. The lowest BCUT2D eigenvalue weighted by Crippen LogP contribution is -2.37. The number of hydrogen-bond donors (Lipinski definition) is 1. The molecule has 0 heterocycles. The lowest BCUT2D eigenvalue weighted by Gasteiger charge is -2.18. The average Bonchev–Trinajstić information content (AvgIpc) is 2.69. The maximum Gasteiger partial charge on any atom is 0.317 e. The van der Waals surface area contributed by atoms with Crippen molar-refractivity contribution < 1.29 is 14.3 Å². The van der Waals surface area contributed by atoms with Crippen LogP contribution in [-0.2, 0) is 13.0 Å². The van der Waals surface area contributed by atoms with Crippen LogP contribution in [0.15, 0.2) is 46.9 Å². The van der Waals surface area contributed by atoms with Crippen molar-refractivity contribution in [1.82, 2.24) is 10.2 Å². The van der Waals surface area contributed by atoms with Crippen LogP contribution in [0.25, 0.3) is 0 Å². The zero-order valence-corrected chi connectivity index (χ0v) is 17.1. The van der Waals surface area contributed by atoms with Crippen LogP contribution in [0.4, 0.5) is 4.79 Å². The Morgan fingerprint density at radius 3 is 2.56 bits per heavy atom. The van der Waals surface area contributed by atoms with Crippen LogP contribution in [0.3, 0.4) is 0 Å². The predicted molar refractivity (Wildman–Crippen MR) is 110 cm³/mol. The second-order valence-electron chi connectivity index (χ2n) is 5.93. The van der Waals surface area contributed by atoms with Gasteiger partial charge in [-0.2, -0.15) is 0 Å². The lowest BCUT2D eigenvalue weighted by atomic mass is 10.1. The van der Waals surface area contributed by atoms with Crippen LogP contribution in [0.5, 0.6) is 11.5 Å². The van der Waals surface area contributed by atoms with Gasteiger partial charge in [0.05, 0.1) is 7.11 Å². The molecule has 0 saturated heterocycles. The first-order valence-corrected chi connectivity index (χ1v) is 9.29. The molecule has 0 bridgehead atoms. The monoisotopic (exact) mass is 430 g/mol. The Labute approximate surface area is 168 Å². The number of terminal acetylenes is 1. The zero-order valence-electron chi connectivity index (χ0n) is 15.5. The number of likely N-dealkylation sites (N-methyl/N-ethyl adjacent to an activating group) is 1. The molecular formula is C21H23BrN2O3. The van der Waals surface area contributed by atoms with E-state index in [4.69, 9.17) is 15.9 Å². The first-order chi connectivity index (χ1) is 13.0. The highest BCUT2D eigenvalue weighted by atomic mass is 79.9. The smallest absolute Gasteiger partial charge is 0.317 e. The van der Waals surface area contributed by atoms with Crippen molar-refractivity contribution in [3.63, 3.8) is 0 Å². The molecule has 0 aliphatic heterocycles. The van der Waals surface area contributed by atoms with Crippen molar-refractivity contribution in [2.24, 2.45) is 0 Å². The van der Waals surface area contributed by atoms with Gasteiger partial charge in [-0.15, -0.1) is 6.42 Å². The summed E-state index contributed by atoms with van der Waals surface area (Å²) in [7, 11) is 3.35. The van der Waals surface area contributed by atoms with Gasteiger partial charge in [-0.3, -0.25) is 0 Å². The van der Waals surface area contributed by atoms with Crippen LogP contribution in [-0.4, -0.2) is 38.2 Å². The Bertz CT molecular complexity index is 800. The topological polar surface area (TPSA) is 50.8 Å². The number of benzene rings is 2. The molecule has 2 amide bonds. The normalized spacial score (nSPS) is 10.0. The molecule has 1 N–H and O–H groups in total. The molecule has 0 fully saturated rings. The minimum Gasteiger partial charge on any atom is -0.493 e. The summed E-state index contributed by atoms with van der Waals surface area (Å²) in [5, 5.41) is 2.91. The van der Waals surface area contributed by atoms with E-state index in [1.807, 2.05) is 36.4 Å². The second-order valence-corrected chi connectivity index (χ2v) is 6.85. The van der Waals surface area contributed by atoms with Gasteiger partial charge in [0.25, 0.3) is 0 Å². The minimum absolute atomic E-state index is 0.131. The molecule has 0 atom stereocenters. The molecule has 0 aliphatic carbocycles. The van der Waals surface area contributed by atoms with Crippen molar-refractivity contribution in [2.45, 2.75) is 13.0 Å². The van der Waals surface area contributed by atoms with E-state index in [0.29, 0.717) is 24.6 Å². The Hall–Kier alpha value is -2.65. The molecule has 0 aliphatic rings. The van der Waals surface area contributed by atoms with E-state index in [2.05, 4.69) is 27.2 Å². The number of nitrogens with zero attached hydrogens (tertiary/aromatic N) is 1. The van der Waals surface area contributed by atoms with E-state index in [0.717, 1.165) is 16.5 Å². The van der Waals surface area contributed by atoms with Gasteiger partial charge in [0.15, 0.2) is 11.5 Å². The van der Waals surface area contributed by atoms with E-state index < -0.39 is 0 Å². The summed E-state index contributed by atoms with van der Waals surface area (Å²) in [6, 6.07) is 13.5. The number of halogens is 1. The quantitative estimate of drug-likeness (QED) is 0.646. The van der Waals surface area contributed by atoms with E-state index in [9.17, 15) is 4.79 Å². The van der Waals surface area contributed by atoms with Gasteiger partial charge in [-0.1, -0.05) is 40.0 Å². The van der Waals surface area contributed by atoms with Crippen LogP contribution in [0, 0.1) is 12.3 Å². The number of urea groups is 1. The maximum atomic E-state index is 12.3. The summed E-state index contributed by atoms with van der Waals surface area (Å²) in [5.74, 6) is 3.59. The van der Waals surface area contributed by atoms with Gasteiger partial charge in [-0.25, -0.2) is 4.79 Å². The van der Waals surface area contributed by atoms with Crippen LogP contribution < -0.4 is 14.8 Å². The second kappa shape index (κ2) is 10.5. The fraction of sp³-hybridized carbons (Fsp3) is 0.286. The van der Waals surface area contributed by atoms with E-state index in [1.54, 1.807) is 25.1 Å². The standard InChI is InChI=1S/C21H23BrN2O3/c1-4-13-27-20-14-17(7-10-19(20)26-3)15-23-21(25)24(2)12-11-16-5-8-18(22)9-6-16/h1,5-10,14H,11-13,15H2,2-3H3,(H,23,25). The first kappa shape index (κ1) is 20.7. The molecule has 142 valence electrons. The summed E-state index contributed by atoms with van der Waals surface area (Å²) in [4.78, 5) is 14.0. The van der Waals surface area contributed by atoms with Gasteiger partial charge >= 0.3 is 6.03 Å². The number of rotatable bonds is 8. The Balaban J connectivity index is 1.86. The number of carbonyl (C=O) groups is 1. The average molecular weight is 431 g/mol. The minimum atomic E-state index is -0.131. The van der Waals surface area contributed by atoms with Crippen molar-refractivity contribution in [2.75, 3.05) is 27.3 Å². The molecule has 0 unspecified atom stereocenters. The first-order valence-electron chi connectivity index (χ1n) is 8.50. The van der Waals surface area contributed by atoms with Crippen molar-refractivity contribution in [1.29, 1.82) is 0 Å². The Kier molecular flexibility index (Phi) is 8.02. The molecule has 2 rings (SSSR count). The van der Waals surface area contributed by atoms with Gasteiger partial charge in [0, 0.05) is 24.6 Å². The fourth-order valence-electron chi connectivity index (χ4n) is 2.43. The summed E-state index contributed by atoms with van der Waals surface area (Å²) in [6.45, 7) is 1.18. The number of nitrogens with one attached hydrogen (secondary N) is 1. The molecule has 0 radical (unpaired) electrons. The maximum absolute atomic E-state index is 12.3. The number of hydrogen-bond acceptors (Lipinski definition) is 3. The predicted octanol–water partition coefficient (Wildman–Crippen LogP) is 3.85. The molecular weight excluding hydrogens is 408 g/mol. The third kappa shape index (κ3) is 6.54. The summed E-state index contributed by atoms with van der Waals surface area (Å²) < 4.78 is 11.8. The third-order valence-corrected chi connectivity index (χ3v) is 4.51. The summed E-state index contributed by atoms with van der Waals surface area (Å²) >= 11 is 3.42. The number of methoxy groups -OCH3 is 1. The molecule has 27 heavy (non-hydrogen) atoms. The highest BCUT2D eigenvalue weighted by Crippen LogP contribution is 2.28. The van der Waals surface area contributed by atoms with Gasteiger partial charge in [0.2, 0.25) is 0 Å². The lowest BCUT2D eigenvalue weighted by molar-refractivity contribution is 0.209. The molecule has 0 saturated carbocycles. The van der Waals surface area contributed by atoms with Crippen molar-refractivity contribution in [3.05, 3.63) is 58.1 Å².